The number of fused-ring (bicyclic) bond motifs is 5. The molecule has 1 aromatic heterocycles. The highest BCUT2D eigenvalue weighted by atomic mass is 16.3. The van der Waals surface area contributed by atoms with E-state index in [9.17, 15) is 10.5 Å². The maximum Gasteiger partial charge on any atom is 0.135 e. The number of nitriles is 2. The molecule has 1 atom stereocenters. The molecule has 278 valence electrons. The molecule has 57 heavy (non-hydrogen) atoms. The van der Waals surface area contributed by atoms with E-state index in [0.29, 0.717) is 17.4 Å². The fourth-order valence-electron chi connectivity index (χ4n) is 8.40. The Morgan fingerprint density at radius 1 is 0.649 bits per heavy atom. The van der Waals surface area contributed by atoms with E-state index in [-0.39, 0.29) is 5.92 Å². The summed E-state index contributed by atoms with van der Waals surface area (Å²) in [7, 11) is 0. The topological polar surface area (TPSA) is 67.2 Å². The van der Waals surface area contributed by atoms with Crippen molar-refractivity contribution in [2.45, 2.75) is 58.8 Å². The molecular formula is C52H44N4O. The summed E-state index contributed by atoms with van der Waals surface area (Å²) < 4.78 is 6.70. The van der Waals surface area contributed by atoms with Gasteiger partial charge in [0.2, 0.25) is 0 Å². The summed E-state index contributed by atoms with van der Waals surface area (Å²) in [5.74, 6) is 2.07. The van der Waals surface area contributed by atoms with Crippen LogP contribution >= 0.6 is 0 Å². The molecule has 5 nitrogen and oxygen atoms in total. The van der Waals surface area contributed by atoms with Gasteiger partial charge in [-0.3, -0.25) is 0 Å². The molecule has 0 aliphatic heterocycles. The largest absolute Gasteiger partial charge is 0.456 e. The highest BCUT2D eigenvalue weighted by Crippen LogP contribution is 2.43. The van der Waals surface area contributed by atoms with Crippen molar-refractivity contribution < 1.29 is 4.42 Å². The molecule has 3 aliphatic rings. The van der Waals surface area contributed by atoms with Gasteiger partial charge in [-0.05, 0) is 162 Å². The zero-order valence-electron chi connectivity index (χ0n) is 32.8. The highest BCUT2D eigenvalue weighted by molar-refractivity contribution is 6.01. The third kappa shape index (κ3) is 6.77. The summed E-state index contributed by atoms with van der Waals surface area (Å²) in [5.41, 5.74) is 13.9. The quantitative estimate of drug-likeness (QED) is 0.155. The molecule has 3 aliphatic carbocycles. The van der Waals surface area contributed by atoms with Crippen LogP contribution in [0.3, 0.4) is 0 Å². The lowest BCUT2D eigenvalue weighted by atomic mass is 9.82. The minimum absolute atomic E-state index is 0.249. The lowest BCUT2D eigenvalue weighted by Gasteiger charge is -2.33. The van der Waals surface area contributed by atoms with E-state index in [1.807, 2.05) is 30.3 Å². The second-order valence-electron chi connectivity index (χ2n) is 16.0. The molecule has 0 radical (unpaired) electrons. The Morgan fingerprint density at radius 2 is 1.30 bits per heavy atom. The van der Waals surface area contributed by atoms with Crippen LogP contribution in [0.25, 0.3) is 27.8 Å². The molecule has 0 saturated carbocycles. The summed E-state index contributed by atoms with van der Waals surface area (Å²) >= 11 is 0. The van der Waals surface area contributed by atoms with Gasteiger partial charge in [0.25, 0.3) is 0 Å². The van der Waals surface area contributed by atoms with Gasteiger partial charge in [-0.15, -0.1) is 0 Å². The van der Waals surface area contributed by atoms with E-state index in [0.717, 1.165) is 80.8 Å². The monoisotopic (exact) mass is 740 g/mol. The number of allylic oxidation sites excluding steroid dienone is 8. The number of rotatable bonds is 8. The highest BCUT2D eigenvalue weighted by Gasteiger charge is 2.28. The molecule has 0 N–H and O–H groups in total. The van der Waals surface area contributed by atoms with Crippen LogP contribution < -0.4 is 9.80 Å². The van der Waals surface area contributed by atoms with Crippen molar-refractivity contribution in [3.63, 3.8) is 0 Å². The van der Waals surface area contributed by atoms with E-state index >= 15 is 0 Å². The Morgan fingerprint density at radius 3 is 1.91 bits per heavy atom. The summed E-state index contributed by atoms with van der Waals surface area (Å²) in [6.07, 6.45) is 15.6. The number of furan rings is 1. The van der Waals surface area contributed by atoms with Crippen LogP contribution in [0.15, 0.2) is 160 Å². The first kappa shape index (κ1) is 35.9. The first-order chi connectivity index (χ1) is 27.8. The molecule has 0 spiro atoms. The number of hydrogen-bond donors (Lipinski definition) is 0. The van der Waals surface area contributed by atoms with Crippen molar-refractivity contribution in [2.24, 2.45) is 5.92 Å². The summed E-state index contributed by atoms with van der Waals surface area (Å²) in [5, 5.41) is 22.4. The molecule has 1 heterocycles. The number of anilines is 4. The van der Waals surface area contributed by atoms with Gasteiger partial charge >= 0.3 is 0 Å². The van der Waals surface area contributed by atoms with Crippen LogP contribution in [0, 0.1) is 28.6 Å². The summed E-state index contributed by atoms with van der Waals surface area (Å²) in [6, 6.07) is 41.1. The van der Waals surface area contributed by atoms with E-state index in [1.165, 1.54) is 28.0 Å². The van der Waals surface area contributed by atoms with E-state index in [4.69, 9.17) is 4.42 Å². The van der Waals surface area contributed by atoms with Crippen molar-refractivity contribution in [3.05, 3.63) is 184 Å². The molecule has 0 amide bonds. The molecule has 1 unspecified atom stereocenters. The van der Waals surface area contributed by atoms with Gasteiger partial charge < -0.3 is 14.2 Å². The Kier molecular flexibility index (Phi) is 9.24. The molecule has 0 saturated heterocycles. The molecule has 9 rings (SSSR count). The second-order valence-corrected chi connectivity index (χ2v) is 16.0. The lowest BCUT2D eigenvalue weighted by Crippen LogP contribution is -2.24. The van der Waals surface area contributed by atoms with Crippen molar-refractivity contribution in [2.75, 3.05) is 9.80 Å². The molecule has 5 aromatic carbocycles. The Balaban J connectivity index is 1.08. The Hall–Kier alpha value is -6.82. The van der Waals surface area contributed by atoms with E-state index in [1.54, 1.807) is 0 Å². The average Bonchev–Trinajstić information content (AvgIpc) is 3.58. The van der Waals surface area contributed by atoms with Gasteiger partial charge in [-0.25, -0.2) is 0 Å². The van der Waals surface area contributed by atoms with Gasteiger partial charge in [0.05, 0.1) is 17.7 Å². The normalized spacial score (nSPS) is 16.0. The van der Waals surface area contributed by atoms with E-state index < -0.39 is 0 Å². The molecule has 0 fully saturated rings. The molecule has 6 aromatic rings. The summed E-state index contributed by atoms with van der Waals surface area (Å²) in [4.78, 5) is 4.60. The number of nitrogens with zero attached hydrogens (tertiary/aromatic N) is 4. The number of benzene rings is 5. The van der Waals surface area contributed by atoms with Crippen molar-refractivity contribution in [1.82, 2.24) is 0 Å². The van der Waals surface area contributed by atoms with Crippen molar-refractivity contribution >= 4 is 50.6 Å². The minimum Gasteiger partial charge on any atom is -0.456 e. The van der Waals surface area contributed by atoms with Crippen LogP contribution in [0.4, 0.5) is 22.7 Å². The molecule has 0 bridgehead atoms. The van der Waals surface area contributed by atoms with Crippen LogP contribution in [-0.4, -0.2) is 0 Å². The van der Waals surface area contributed by atoms with Gasteiger partial charge in [0.15, 0.2) is 0 Å². The summed E-state index contributed by atoms with van der Waals surface area (Å²) in [6.45, 7) is 8.86. The zero-order valence-corrected chi connectivity index (χ0v) is 32.8. The minimum atomic E-state index is 0.249. The third-order valence-corrected chi connectivity index (χ3v) is 11.7. The molecular weight excluding hydrogens is 697 g/mol. The van der Waals surface area contributed by atoms with Crippen LogP contribution in [0.5, 0.6) is 0 Å². The van der Waals surface area contributed by atoms with Crippen LogP contribution in [-0.2, 0) is 6.42 Å². The number of hydrogen-bond acceptors (Lipinski definition) is 5. The maximum atomic E-state index is 9.53. The first-order valence-corrected chi connectivity index (χ1v) is 20.0. The van der Waals surface area contributed by atoms with Gasteiger partial charge in [0.1, 0.15) is 11.3 Å². The Labute approximate surface area is 335 Å². The van der Waals surface area contributed by atoms with Crippen LogP contribution in [0.1, 0.15) is 80.4 Å². The van der Waals surface area contributed by atoms with Gasteiger partial charge in [-0.2, -0.15) is 10.5 Å². The lowest BCUT2D eigenvalue weighted by molar-refractivity contribution is 0.586. The Bertz CT molecular complexity index is 2780. The van der Waals surface area contributed by atoms with Crippen molar-refractivity contribution in [1.29, 1.82) is 10.5 Å². The van der Waals surface area contributed by atoms with Gasteiger partial charge in [-0.1, -0.05) is 64.1 Å². The second kappa shape index (κ2) is 14.7. The van der Waals surface area contributed by atoms with Crippen LogP contribution in [0.2, 0.25) is 0 Å². The fraction of sp³-hybridized carbons (Fsp3) is 0.192. The predicted octanol–water partition coefficient (Wildman–Crippen LogP) is 13.8. The predicted molar refractivity (Wildman–Crippen MR) is 234 cm³/mol. The fourth-order valence-corrected chi connectivity index (χ4v) is 8.40. The maximum absolute atomic E-state index is 9.53. The van der Waals surface area contributed by atoms with Gasteiger partial charge in [0, 0.05) is 56.6 Å². The molecule has 5 heteroatoms. The van der Waals surface area contributed by atoms with Crippen molar-refractivity contribution in [3.8, 4) is 12.1 Å². The average molecular weight is 741 g/mol. The standard InChI is InChI=1S/C52H44N4O/c1-33(2)37-9-19-45(20-10-37)55(43-15-5-35(31-53)6-16-43)47-23-13-39-27-49-50-28-40-14-24-48(26-42(40)30-52(50)57-51(49)29-41(39)25-47)56(44-17-7-36(32-54)8-18-44)46-21-11-38(12-22-46)34(3)4/h5-7,9-17,19-27,29-30,33-34,40H,8,18,28H2,1-4H3. The third-order valence-electron chi connectivity index (χ3n) is 11.7. The zero-order chi connectivity index (χ0) is 39.2. The first-order valence-electron chi connectivity index (χ1n) is 20.0. The smallest absolute Gasteiger partial charge is 0.135 e. The SMILES string of the molecule is CC(C)c1ccc(N(C2=CC3=Cc4oc5cc6cc(N(c7ccc(C#N)cc7)c7ccc(C(C)C)cc7)ccc6cc5c4CC3C=C2)C2=CC=C(C#N)CC2)cc1. The van der Waals surface area contributed by atoms with E-state index in [2.05, 4.69) is 159 Å².